The Labute approximate surface area is 228 Å². The van der Waals surface area contributed by atoms with Gasteiger partial charge in [-0.15, -0.1) is 23.2 Å². The Bertz CT molecular complexity index is 1420. The van der Waals surface area contributed by atoms with Gasteiger partial charge in [0.15, 0.2) is 11.6 Å². The van der Waals surface area contributed by atoms with Crippen LogP contribution in [0.1, 0.15) is 39.4 Å². The van der Waals surface area contributed by atoms with E-state index < -0.39 is 63.6 Å². The molecule has 2 unspecified atom stereocenters. The van der Waals surface area contributed by atoms with Crippen molar-refractivity contribution in [3.63, 3.8) is 0 Å². The van der Waals surface area contributed by atoms with Crippen molar-refractivity contribution in [2.24, 2.45) is 5.92 Å². The number of carbonyl (C=O) groups excluding carboxylic acids is 2. The summed E-state index contributed by atoms with van der Waals surface area (Å²) in [4.78, 5) is 25.8. The van der Waals surface area contributed by atoms with Crippen molar-refractivity contribution in [3.8, 4) is 0 Å². The van der Waals surface area contributed by atoms with E-state index in [1.807, 2.05) is 0 Å². The van der Waals surface area contributed by atoms with E-state index in [2.05, 4.69) is 5.32 Å². The number of nitrogens with two attached hydrogens (primary N) is 1. The molecule has 0 radical (unpaired) electrons. The van der Waals surface area contributed by atoms with Crippen LogP contribution < -0.4 is 11.1 Å². The van der Waals surface area contributed by atoms with Crippen LogP contribution in [-0.4, -0.2) is 16.0 Å². The maximum absolute atomic E-state index is 14.2. The van der Waals surface area contributed by atoms with E-state index in [1.54, 1.807) is 0 Å². The monoisotopic (exact) mass is 592 g/mol. The van der Waals surface area contributed by atoms with Crippen molar-refractivity contribution in [3.05, 3.63) is 92.5 Å². The molecule has 1 fully saturated rings. The lowest BCUT2D eigenvalue weighted by molar-refractivity contribution is -0.117. The van der Waals surface area contributed by atoms with Crippen molar-refractivity contribution in [1.29, 1.82) is 0 Å². The number of nitrogen functional groups attached to an aromatic ring is 1. The molecule has 0 aromatic heterocycles. The summed E-state index contributed by atoms with van der Waals surface area (Å²) in [7, 11) is 0. The molecule has 1 saturated carbocycles. The standard InChI is InChI=1S/C25H16Cl4F4N2O2/c26-15-5-3-12(9-13(15)18(36)8-11-2-6-17(30)22(34)21(11)31)35-24(37)20-19(25(20,28)29)10-1-4-16(27)14(7-10)23(32)33/h1-7,9,19-20,23H,8,34H2,(H,35,37). The molecule has 3 N–H and O–H groups in total. The average Bonchev–Trinajstić information content (AvgIpc) is 3.42. The SMILES string of the molecule is Nc1c(F)ccc(CC(=O)c2cc(NC(=O)C3C(c4ccc(Cl)c(C(F)F)c4)C3(Cl)Cl)ccc2Cl)c1F. The first-order chi connectivity index (χ1) is 17.3. The van der Waals surface area contributed by atoms with E-state index in [4.69, 9.17) is 52.1 Å². The number of ketones is 1. The summed E-state index contributed by atoms with van der Waals surface area (Å²) in [6.45, 7) is 0. The van der Waals surface area contributed by atoms with E-state index >= 15 is 0 Å². The van der Waals surface area contributed by atoms with Crippen molar-refractivity contribution in [1.82, 2.24) is 0 Å². The fourth-order valence-corrected chi connectivity index (χ4v) is 5.30. The molecule has 3 aromatic carbocycles. The Morgan fingerprint density at radius 1 is 1.00 bits per heavy atom. The summed E-state index contributed by atoms with van der Waals surface area (Å²) < 4.78 is 52.6. The number of rotatable bonds is 7. The van der Waals surface area contributed by atoms with Gasteiger partial charge in [0.05, 0.1) is 10.9 Å². The van der Waals surface area contributed by atoms with Crippen LogP contribution in [0, 0.1) is 17.6 Å². The molecule has 0 spiro atoms. The third kappa shape index (κ3) is 5.39. The van der Waals surface area contributed by atoms with Crippen LogP contribution >= 0.6 is 46.4 Å². The number of halogens is 8. The Hall–Kier alpha value is -2.52. The topological polar surface area (TPSA) is 72.2 Å². The third-order valence-electron chi connectivity index (χ3n) is 6.04. The zero-order valence-corrected chi connectivity index (χ0v) is 21.5. The number of nitrogens with one attached hydrogen (secondary N) is 1. The third-order valence-corrected chi connectivity index (χ3v) is 7.66. The summed E-state index contributed by atoms with van der Waals surface area (Å²) >= 11 is 24.6. The van der Waals surface area contributed by atoms with Crippen LogP contribution in [-0.2, 0) is 11.2 Å². The van der Waals surface area contributed by atoms with Gasteiger partial charge in [0, 0.05) is 34.2 Å². The fraction of sp³-hybridized carbons (Fsp3) is 0.200. The summed E-state index contributed by atoms with van der Waals surface area (Å²) in [6.07, 6.45) is -3.29. The second kappa shape index (κ2) is 10.3. The second-order valence-electron chi connectivity index (χ2n) is 8.43. The van der Waals surface area contributed by atoms with Gasteiger partial charge in [-0.1, -0.05) is 35.3 Å². The molecule has 1 aliphatic carbocycles. The Morgan fingerprint density at radius 3 is 2.35 bits per heavy atom. The molecular formula is C25H16Cl4F4N2O2. The number of benzene rings is 3. The molecule has 0 bridgehead atoms. The van der Waals surface area contributed by atoms with E-state index in [-0.39, 0.29) is 26.9 Å². The highest BCUT2D eigenvalue weighted by Crippen LogP contribution is 2.65. The predicted octanol–water partition coefficient (Wildman–Crippen LogP) is 7.74. The molecule has 1 amide bonds. The van der Waals surface area contributed by atoms with Gasteiger partial charge in [0.25, 0.3) is 6.43 Å². The van der Waals surface area contributed by atoms with Crippen LogP contribution in [0.2, 0.25) is 10.0 Å². The minimum Gasteiger partial charge on any atom is -0.394 e. The van der Waals surface area contributed by atoms with Crippen molar-refractivity contribution < 1.29 is 27.2 Å². The smallest absolute Gasteiger partial charge is 0.265 e. The number of hydrogen-bond donors (Lipinski definition) is 2. The van der Waals surface area contributed by atoms with Gasteiger partial charge in [-0.25, -0.2) is 17.6 Å². The molecule has 0 aliphatic heterocycles. The molecule has 12 heteroatoms. The first kappa shape index (κ1) is 27.5. The number of amides is 1. The molecule has 4 rings (SSSR count). The fourth-order valence-electron chi connectivity index (χ4n) is 4.05. The molecule has 1 aliphatic rings. The Kier molecular flexibility index (Phi) is 7.68. The molecule has 37 heavy (non-hydrogen) atoms. The average molecular weight is 594 g/mol. The van der Waals surface area contributed by atoms with Gasteiger partial charge in [-0.3, -0.25) is 9.59 Å². The lowest BCUT2D eigenvalue weighted by Gasteiger charge is -2.10. The van der Waals surface area contributed by atoms with Crippen molar-refractivity contribution >= 4 is 69.5 Å². The summed E-state index contributed by atoms with van der Waals surface area (Å²) in [5.74, 6) is -5.01. The molecule has 4 nitrogen and oxygen atoms in total. The highest BCUT2D eigenvalue weighted by Gasteiger charge is 2.67. The van der Waals surface area contributed by atoms with E-state index in [0.717, 1.165) is 18.2 Å². The van der Waals surface area contributed by atoms with Crippen LogP contribution in [0.15, 0.2) is 48.5 Å². The van der Waals surface area contributed by atoms with Crippen molar-refractivity contribution in [2.75, 3.05) is 11.1 Å². The normalized spacial score (nSPS) is 18.1. The van der Waals surface area contributed by atoms with Gasteiger partial charge >= 0.3 is 0 Å². The Balaban J connectivity index is 1.52. The highest BCUT2D eigenvalue weighted by molar-refractivity contribution is 6.53. The largest absolute Gasteiger partial charge is 0.394 e. The number of hydrogen-bond acceptors (Lipinski definition) is 3. The number of anilines is 2. The summed E-state index contributed by atoms with van der Waals surface area (Å²) in [5.41, 5.74) is 4.55. The minimum absolute atomic E-state index is 0.0311. The van der Waals surface area contributed by atoms with E-state index in [1.165, 1.54) is 30.3 Å². The number of carbonyl (C=O) groups is 2. The van der Waals surface area contributed by atoms with E-state index in [0.29, 0.717) is 5.56 Å². The first-order valence-corrected chi connectivity index (χ1v) is 12.1. The molecule has 2 atom stereocenters. The van der Waals surface area contributed by atoms with Crippen LogP contribution in [0.3, 0.4) is 0 Å². The van der Waals surface area contributed by atoms with Gasteiger partial charge in [-0.05, 0) is 47.5 Å². The maximum Gasteiger partial charge on any atom is 0.265 e. The maximum atomic E-state index is 14.2. The predicted molar refractivity (Wildman–Crippen MR) is 136 cm³/mol. The second-order valence-corrected chi connectivity index (χ2v) is 10.7. The quantitative estimate of drug-likeness (QED) is 0.127. The van der Waals surface area contributed by atoms with Gasteiger partial charge in [0.1, 0.15) is 15.8 Å². The van der Waals surface area contributed by atoms with E-state index in [9.17, 15) is 27.2 Å². The zero-order valence-electron chi connectivity index (χ0n) is 18.5. The van der Waals surface area contributed by atoms with Gasteiger partial charge in [-0.2, -0.15) is 0 Å². The molecule has 0 heterocycles. The molecule has 194 valence electrons. The van der Waals surface area contributed by atoms with Crippen LogP contribution in [0.4, 0.5) is 28.9 Å². The zero-order chi connectivity index (χ0) is 27.2. The lowest BCUT2D eigenvalue weighted by Crippen LogP contribution is -2.17. The molecular weight excluding hydrogens is 578 g/mol. The summed E-state index contributed by atoms with van der Waals surface area (Å²) in [5, 5.41) is 2.49. The lowest BCUT2D eigenvalue weighted by atomic mass is 10.0. The van der Waals surface area contributed by atoms with Crippen molar-refractivity contribution in [2.45, 2.75) is 23.1 Å². The Morgan fingerprint density at radius 2 is 1.68 bits per heavy atom. The van der Waals surface area contributed by atoms with Crippen LogP contribution in [0.25, 0.3) is 0 Å². The number of alkyl halides is 4. The van der Waals surface area contributed by atoms with Gasteiger partial charge < -0.3 is 11.1 Å². The molecule has 3 aromatic rings. The van der Waals surface area contributed by atoms with Gasteiger partial charge in [0.2, 0.25) is 5.91 Å². The summed E-state index contributed by atoms with van der Waals surface area (Å²) in [6, 6.07) is 10.0. The number of Topliss-reactive ketones (excluding diaryl/α,β-unsaturated/α-hetero) is 1. The van der Waals surface area contributed by atoms with Crippen LogP contribution in [0.5, 0.6) is 0 Å². The minimum atomic E-state index is -2.83. The highest BCUT2D eigenvalue weighted by atomic mass is 35.5. The molecule has 0 saturated heterocycles. The first-order valence-electron chi connectivity index (χ1n) is 10.6.